The van der Waals surface area contributed by atoms with E-state index in [1.807, 2.05) is 63.2 Å². The zero-order chi connectivity index (χ0) is 26.0. The highest BCUT2D eigenvalue weighted by molar-refractivity contribution is 6.04. The third kappa shape index (κ3) is 4.70. The molecule has 2 aliphatic rings. The summed E-state index contributed by atoms with van der Waals surface area (Å²) in [5, 5.41) is 3.38. The summed E-state index contributed by atoms with van der Waals surface area (Å²) in [7, 11) is 4.79. The van der Waals surface area contributed by atoms with Crippen LogP contribution in [0.4, 0.5) is 0 Å². The van der Waals surface area contributed by atoms with Crippen LogP contribution in [0.15, 0.2) is 65.0 Å². The summed E-state index contributed by atoms with van der Waals surface area (Å²) in [5.74, 6) is 0.812. The number of Topliss-reactive ketones (excluding diaryl/α,β-unsaturated/α-hetero) is 1. The monoisotopic (exact) mass is 491 g/mol. The Balaban J connectivity index is 1.80. The van der Waals surface area contributed by atoms with E-state index in [9.17, 15) is 9.59 Å². The van der Waals surface area contributed by atoms with Crippen LogP contribution in [0.2, 0.25) is 0 Å². The van der Waals surface area contributed by atoms with E-state index in [0.717, 1.165) is 16.8 Å². The maximum Gasteiger partial charge on any atom is 0.337 e. The number of rotatable bonds is 7. The van der Waals surface area contributed by atoms with Gasteiger partial charge in [0.1, 0.15) is 5.75 Å². The third-order valence-corrected chi connectivity index (χ3v) is 6.72. The van der Waals surface area contributed by atoms with Gasteiger partial charge in [-0.15, -0.1) is 0 Å². The summed E-state index contributed by atoms with van der Waals surface area (Å²) >= 11 is 0. The van der Waals surface area contributed by atoms with Crippen molar-refractivity contribution in [2.24, 2.45) is 0 Å². The average molecular weight is 492 g/mol. The van der Waals surface area contributed by atoms with Gasteiger partial charge < -0.3 is 24.3 Å². The van der Waals surface area contributed by atoms with Crippen molar-refractivity contribution in [2.45, 2.75) is 51.6 Å². The minimum absolute atomic E-state index is 0.0122. The highest BCUT2D eigenvalue weighted by Gasteiger charge is 2.42. The fourth-order valence-electron chi connectivity index (χ4n) is 5.15. The Morgan fingerprint density at radius 1 is 0.944 bits per heavy atom. The number of methoxy groups -OCH3 is 3. The Hall–Kier alpha value is -3.74. The van der Waals surface area contributed by atoms with Gasteiger partial charge in [0.05, 0.1) is 38.9 Å². The first-order valence-corrected chi connectivity index (χ1v) is 12.1. The van der Waals surface area contributed by atoms with Crippen LogP contribution < -0.4 is 19.5 Å². The molecular weight excluding hydrogens is 458 g/mol. The summed E-state index contributed by atoms with van der Waals surface area (Å²) in [4.78, 5) is 27.1. The van der Waals surface area contributed by atoms with Gasteiger partial charge in [-0.2, -0.15) is 0 Å². The largest absolute Gasteiger partial charge is 0.496 e. The smallest absolute Gasteiger partial charge is 0.337 e. The van der Waals surface area contributed by atoms with E-state index in [4.69, 9.17) is 18.9 Å². The van der Waals surface area contributed by atoms with E-state index in [2.05, 4.69) is 5.32 Å². The number of dihydropyridines is 1. The molecule has 2 aromatic rings. The number of carbonyl (C=O) groups excluding carboxylic acids is 2. The Labute approximate surface area is 212 Å². The van der Waals surface area contributed by atoms with Crippen LogP contribution >= 0.6 is 0 Å². The van der Waals surface area contributed by atoms with Crippen molar-refractivity contribution in [1.82, 2.24) is 5.32 Å². The van der Waals surface area contributed by atoms with Crippen LogP contribution in [0, 0.1) is 0 Å². The van der Waals surface area contributed by atoms with Crippen molar-refractivity contribution in [2.75, 3.05) is 21.3 Å². The van der Waals surface area contributed by atoms with Crippen molar-refractivity contribution in [3.05, 3.63) is 76.1 Å². The molecule has 4 rings (SSSR count). The number of para-hydroxylation sites is 1. The minimum Gasteiger partial charge on any atom is -0.496 e. The standard InChI is InChI=1S/C29H33NO6/c1-16(2)36-29(32)26-17(3)30-21-13-19(18-11-12-24(34-5)25(15-18)35-6)14-22(31)28(21)27(26)20-9-7-8-10-23(20)33-4/h7-12,15-16,19,27,30H,13-14H2,1-6H3/t19-,27+/m0/s1. The molecule has 0 aromatic heterocycles. The molecule has 0 unspecified atom stereocenters. The normalized spacial score (nSPS) is 19.6. The van der Waals surface area contributed by atoms with Gasteiger partial charge in [-0.25, -0.2) is 4.79 Å². The van der Waals surface area contributed by atoms with E-state index in [0.29, 0.717) is 46.9 Å². The molecule has 0 bridgehead atoms. The minimum atomic E-state index is -0.581. The summed E-state index contributed by atoms with van der Waals surface area (Å²) in [6.07, 6.45) is 0.641. The van der Waals surface area contributed by atoms with Gasteiger partial charge in [-0.1, -0.05) is 24.3 Å². The molecule has 0 amide bonds. The highest BCUT2D eigenvalue weighted by Crippen LogP contribution is 2.48. The predicted molar refractivity (Wildman–Crippen MR) is 136 cm³/mol. The Morgan fingerprint density at radius 3 is 2.31 bits per heavy atom. The maximum absolute atomic E-state index is 13.8. The van der Waals surface area contributed by atoms with Crippen molar-refractivity contribution < 1.29 is 28.5 Å². The van der Waals surface area contributed by atoms with Gasteiger partial charge in [-0.05, 0) is 56.9 Å². The van der Waals surface area contributed by atoms with Crippen LogP contribution in [0.25, 0.3) is 0 Å². The quantitative estimate of drug-likeness (QED) is 0.544. The first-order chi connectivity index (χ1) is 17.3. The second-order valence-electron chi connectivity index (χ2n) is 9.33. The third-order valence-electron chi connectivity index (χ3n) is 6.72. The van der Waals surface area contributed by atoms with Crippen LogP contribution in [-0.4, -0.2) is 39.2 Å². The number of ketones is 1. The molecule has 2 aromatic carbocycles. The lowest BCUT2D eigenvalue weighted by atomic mass is 9.71. The number of hydrogen-bond acceptors (Lipinski definition) is 7. The number of carbonyl (C=O) groups is 2. The summed E-state index contributed by atoms with van der Waals surface area (Å²) in [6, 6.07) is 13.3. The molecule has 0 saturated carbocycles. The lowest BCUT2D eigenvalue weighted by Gasteiger charge is -2.37. The summed E-state index contributed by atoms with van der Waals surface area (Å²) < 4.78 is 22.1. The molecule has 190 valence electrons. The molecule has 0 spiro atoms. The van der Waals surface area contributed by atoms with Gasteiger partial charge in [0, 0.05) is 29.0 Å². The second kappa shape index (κ2) is 10.5. The molecule has 1 aliphatic carbocycles. The van der Waals surface area contributed by atoms with Crippen molar-refractivity contribution in [3.63, 3.8) is 0 Å². The molecule has 2 atom stereocenters. The number of benzene rings is 2. The molecule has 0 radical (unpaired) electrons. The molecule has 1 aliphatic heterocycles. The first kappa shape index (κ1) is 25.4. The van der Waals surface area contributed by atoms with E-state index < -0.39 is 11.9 Å². The summed E-state index contributed by atoms with van der Waals surface area (Å²) in [6.45, 7) is 5.48. The van der Waals surface area contributed by atoms with Gasteiger partial charge in [0.25, 0.3) is 0 Å². The average Bonchev–Trinajstić information content (AvgIpc) is 2.86. The van der Waals surface area contributed by atoms with Gasteiger partial charge in [0.15, 0.2) is 17.3 Å². The van der Waals surface area contributed by atoms with Crippen molar-refractivity contribution in [1.29, 1.82) is 0 Å². The Morgan fingerprint density at radius 2 is 1.64 bits per heavy atom. The van der Waals surface area contributed by atoms with Crippen LogP contribution in [0.3, 0.4) is 0 Å². The number of hydrogen-bond donors (Lipinski definition) is 1. The Bertz CT molecular complexity index is 1240. The molecule has 7 heteroatoms. The zero-order valence-electron chi connectivity index (χ0n) is 21.6. The molecular formula is C29H33NO6. The fourth-order valence-corrected chi connectivity index (χ4v) is 5.15. The molecule has 0 fully saturated rings. The van der Waals surface area contributed by atoms with Crippen LogP contribution in [0.1, 0.15) is 56.6 Å². The Kier molecular flexibility index (Phi) is 7.38. The summed E-state index contributed by atoms with van der Waals surface area (Å²) in [5.41, 5.74) is 4.29. The molecule has 1 heterocycles. The SMILES string of the molecule is COc1ccc([C@@H]2CC(=O)C3=C(C2)NC(C)=C(C(=O)OC(C)C)[C@H]3c2ccccc2OC)cc1OC. The number of allylic oxidation sites excluding steroid dienone is 3. The molecule has 7 nitrogen and oxygen atoms in total. The van der Waals surface area contributed by atoms with E-state index in [1.165, 1.54) is 0 Å². The lowest BCUT2D eigenvalue weighted by molar-refractivity contribution is -0.143. The van der Waals surface area contributed by atoms with Crippen molar-refractivity contribution in [3.8, 4) is 17.2 Å². The highest BCUT2D eigenvalue weighted by atomic mass is 16.5. The van der Waals surface area contributed by atoms with E-state index in [-0.39, 0.29) is 17.8 Å². The number of nitrogens with one attached hydrogen (secondary N) is 1. The van der Waals surface area contributed by atoms with Crippen LogP contribution in [0.5, 0.6) is 17.2 Å². The predicted octanol–water partition coefficient (Wildman–Crippen LogP) is 5.03. The molecule has 0 saturated heterocycles. The van der Waals surface area contributed by atoms with Crippen LogP contribution in [-0.2, 0) is 14.3 Å². The topological polar surface area (TPSA) is 83.1 Å². The van der Waals surface area contributed by atoms with E-state index in [1.54, 1.807) is 21.3 Å². The van der Waals surface area contributed by atoms with Gasteiger partial charge in [0.2, 0.25) is 0 Å². The van der Waals surface area contributed by atoms with Gasteiger partial charge >= 0.3 is 5.97 Å². The van der Waals surface area contributed by atoms with E-state index >= 15 is 0 Å². The zero-order valence-corrected chi connectivity index (χ0v) is 21.6. The fraction of sp³-hybridized carbons (Fsp3) is 0.379. The molecule has 36 heavy (non-hydrogen) atoms. The van der Waals surface area contributed by atoms with Gasteiger partial charge in [-0.3, -0.25) is 4.79 Å². The first-order valence-electron chi connectivity index (χ1n) is 12.1. The van der Waals surface area contributed by atoms with Crippen molar-refractivity contribution >= 4 is 11.8 Å². The molecule has 1 N–H and O–H groups in total. The number of esters is 1. The second-order valence-corrected chi connectivity index (χ2v) is 9.33. The maximum atomic E-state index is 13.8. The lowest BCUT2D eigenvalue weighted by Crippen LogP contribution is -2.36. The number of ether oxygens (including phenoxy) is 4.